The normalized spacial score (nSPS) is 15.3. The van der Waals surface area contributed by atoms with Gasteiger partial charge in [0.15, 0.2) is 0 Å². The maximum atomic E-state index is 11.2. The molecule has 1 atom stereocenters. The highest BCUT2D eigenvalue weighted by molar-refractivity contribution is 14.1. The lowest BCUT2D eigenvalue weighted by Gasteiger charge is -2.21. The first-order valence-electron chi connectivity index (χ1n) is 4.06. The second kappa shape index (κ2) is 5.75. The van der Waals surface area contributed by atoms with Gasteiger partial charge in [-0.2, -0.15) is 0 Å². The van der Waals surface area contributed by atoms with E-state index in [2.05, 4.69) is 6.92 Å². The molecule has 1 unspecified atom stereocenters. The zero-order valence-corrected chi connectivity index (χ0v) is 9.76. The molecule has 0 fully saturated rings. The number of unbranched alkanes of at least 4 members (excludes halogenated alkanes) is 1. The second-order valence-corrected chi connectivity index (χ2v) is 3.68. The highest BCUT2D eigenvalue weighted by Crippen LogP contribution is 2.12. The van der Waals surface area contributed by atoms with E-state index in [0.717, 1.165) is 12.8 Å². The van der Waals surface area contributed by atoms with Crippen LogP contribution in [-0.2, 0) is 9.53 Å². The topological polar surface area (TPSA) is 52.3 Å². The molecule has 0 spiro atoms. The summed E-state index contributed by atoms with van der Waals surface area (Å²) in [5.41, 5.74) is 4.95. The van der Waals surface area contributed by atoms with Crippen LogP contribution >= 0.6 is 22.6 Å². The van der Waals surface area contributed by atoms with Gasteiger partial charge in [-0.1, -0.05) is 19.8 Å². The first-order valence-corrected chi connectivity index (χ1v) is 5.59. The molecule has 0 aromatic heterocycles. The fourth-order valence-corrected chi connectivity index (χ4v) is 1.14. The number of halogens is 1. The first kappa shape index (κ1) is 12.2. The van der Waals surface area contributed by atoms with Crippen LogP contribution in [0.4, 0.5) is 0 Å². The zero-order chi connectivity index (χ0) is 9.61. The molecule has 0 aromatic carbocycles. The van der Waals surface area contributed by atoms with Crippen molar-refractivity contribution in [1.29, 1.82) is 0 Å². The number of carbonyl (C=O) groups excluding carboxylic acids is 1. The summed E-state index contributed by atoms with van der Waals surface area (Å²) >= 11 is 1.98. The third kappa shape index (κ3) is 4.25. The van der Waals surface area contributed by atoms with Crippen molar-refractivity contribution < 1.29 is 9.53 Å². The smallest absolute Gasteiger partial charge is 0.326 e. The molecule has 0 bridgehead atoms. The van der Waals surface area contributed by atoms with Crippen molar-refractivity contribution in [2.45, 2.75) is 38.6 Å². The Morgan fingerprint density at radius 1 is 1.67 bits per heavy atom. The summed E-state index contributed by atoms with van der Waals surface area (Å²) in [5.74, 6) is -0.301. The van der Waals surface area contributed by atoms with E-state index in [1.165, 1.54) is 0 Å². The Kier molecular flexibility index (Phi) is 5.82. The lowest BCUT2D eigenvalue weighted by atomic mass is 9.97. The van der Waals surface area contributed by atoms with Gasteiger partial charge in [-0.15, -0.1) is 0 Å². The molecule has 2 N–H and O–H groups in total. The lowest BCUT2D eigenvalue weighted by Crippen LogP contribution is -2.45. The van der Waals surface area contributed by atoms with E-state index in [9.17, 15) is 4.79 Å². The van der Waals surface area contributed by atoms with Crippen LogP contribution < -0.4 is 5.73 Å². The molecule has 0 aliphatic heterocycles. The maximum Gasteiger partial charge on any atom is 0.326 e. The molecule has 0 aliphatic carbocycles. The van der Waals surface area contributed by atoms with E-state index in [1.54, 1.807) is 6.92 Å². The number of hydrogen-bond acceptors (Lipinski definition) is 3. The van der Waals surface area contributed by atoms with Crippen LogP contribution in [0, 0.1) is 0 Å². The van der Waals surface area contributed by atoms with Crippen molar-refractivity contribution >= 4 is 28.6 Å². The molecule has 0 saturated heterocycles. The molecule has 72 valence electrons. The second-order valence-electron chi connectivity index (χ2n) is 3.06. The summed E-state index contributed by atoms with van der Waals surface area (Å²) < 4.78 is 5.20. The lowest BCUT2D eigenvalue weighted by molar-refractivity contribution is -0.147. The Hall–Kier alpha value is 0.160. The summed E-state index contributed by atoms with van der Waals surface area (Å²) in [4.78, 5) is 11.2. The molecule has 4 heteroatoms. The molecule has 3 nitrogen and oxygen atoms in total. The number of hydrogen-bond donors (Lipinski definition) is 1. The van der Waals surface area contributed by atoms with Gasteiger partial charge < -0.3 is 10.5 Å². The van der Waals surface area contributed by atoms with Gasteiger partial charge in [-0.3, -0.25) is 4.79 Å². The highest BCUT2D eigenvalue weighted by Gasteiger charge is 2.28. The van der Waals surface area contributed by atoms with Crippen LogP contribution in [0.25, 0.3) is 0 Å². The fraction of sp³-hybridized carbons (Fsp3) is 0.875. The van der Waals surface area contributed by atoms with Crippen LogP contribution in [0.2, 0.25) is 0 Å². The average molecular weight is 285 g/mol. The van der Waals surface area contributed by atoms with Gasteiger partial charge in [-0.05, 0) is 35.9 Å². The third-order valence-corrected chi connectivity index (χ3v) is 2.01. The Bertz CT molecular complexity index is 148. The van der Waals surface area contributed by atoms with Crippen LogP contribution in [0.5, 0.6) is 0 Å². The Balaban J connectivity index is 3.90. The van der Waals surface area contributed by atoms with Gasteiger partial charge in [0, 0.05) is 0 Å². The SMILES string of the molecule is CCCCC(C)(N)C(=O)OCI. The van der Waals surface area contributed by atoms with Crippen molar-refractivity contribution in [3.05, 3.63) is 0 Å². The number of nitrogens with two attached hydrogens (primary N) is 1. The molecular formula is C8H16INO2. The Labute approximate surface area is 87.2 Å². The average Bonchev–Trinajstić information content (AvgIpc) is 2.01. The summed E-state index contributed by atoms with van der Waals surface area (Å²) in [6.45, 7) is 3.79. The Morgan fingerprint density at radius 3 is 2.67 bits per heavy atom. The van der Waals surface area contributed by atoms with E-state index in [4.69, 9.17) is 10.5 Å². The molecule has 0 aromatic rings. The summed E-state index contributed by atoms with van der Waals surface area (Å²) in [7, 11) is 0. The van der Waals surface area contributed by atoms with Crippen LogP contribution in [0.3, 0.4) is 0 Å². The molecular weight excluding hydrogens is 269 g/mol. The van der Waals surface area contributed by atoms with E-state index in [1.807, 2.05) is 22.6 Å². The quantitative estimate of drug-likeness (QED) is 0.476. The largest absolute Gasteiger partial charge is 0.454 e. The van der Waals surface area contributed by atoms with Crippen LogP contribution in [-0.4, -0.2) is 16.1 Å². The molecule has 0 amide bonds. The molecule has 12 heavy (non-hydrogen) atoms. The van der Waals surface area contributed by atoms with Crippen molar-refractivity contribution in [3.8, 4) is 0 Å². The first-order chi connectivity index (χ1) is 5.54. The minimum absolute atomic E-state index is 0.301. The summed E-state index contributed by atoms with van der Waals surface area (Å²) in [5, 5.41) is 0. The number of esters is 1. The van der Waals surface area contributed by atoms with E-state index >= 15 is 0 Å². The molecule has 0 aliphatic rings. The van der Waals surface area contributed by atoms with Crippen molar-refractivity contribution in [3.63, 3.8) is 0 Å². The molecule has 0 radical (unpaired) electrons. The monoisotopic (exact) mass is 285 g/mol. The van der Waals surface area contributed by atoms with Crippen LogP contribution in [0.1, 0.15) is 33.1 Å². The number of alkyl halides is 1. The van der Waals surface area contributed by atoms with Gasteiger partial charge in [0.2, 0.25) is 0 Å². The fourth-order valence-electron chi connectivity index (χ4n) is 0.860. The highest BCUT2D eigenvalue weighted by atomic mass is 127. The summed E-state index contributed by atoms with van der Waals surface area (Å²) in [6, 6.07) is 0. The number of ether oxygens (including phenoxy) is 1. The third-order valence-electron chi connectivity index (χ3n) is 1.70. The molecule has 0 heterocycles. The van der Waals surface area contributed by atoms with Crippen molar-refractivity contribution in [2.75, 3.05) is 4.61 Å². The number of carbonyl (C=O) groups is 1. The van der Waals surface area contributed by atoms with E-state index < -0.39 is 5.54 Å². The predicted molar refractivity (Wildman–Crippen MR) is 57.1 cm³/mol. The van der Waals surface area contributed by atoms with Crippen LogP contribution in [0.15, 0.2) is 0 Å². The predicted octanol–water partition coefficient (Wildman–Crippen LogP) is 1.83. The van der Waals surface area contributed by atoms with Gasteiger partial charge >= 0.3 is 5.97 Å². The Morgan fingerprint density at radius 2 is 2.25 bits per heavy atom. The minimum atomic E-state index is -0.804. The number of rotatable bonds is 5. The zero-order valence-electron chi connectivity index (χ0n) is 7.60. The standard InChI is InChI=1S/C8H16INO2/c1-3-4-5-8(2,10)7(11)12-6-9/h3-6,10H2,1-2H3. The summed E-state index contributed by atoms with van der Waals surface area (Å²) in [6.07, 6.45) is 2.70. The van der Waals surface area contributed by atoms with E-state index in [-0.39, 0.29) is 5.97 Å². The molecule has 0 saturated carbocycles. The van der Waals surface area contributed by atoms with Gasteiger partial charge in [0.1, 0.15) is 10.2 Å². The minimum Gasteiger partial charge on any atom is -0.454 e. The van der Waals surface area contributed by atoms with Gasteiger partial charge in [0.05, 0.1) is 0 Å². The van der Waals surface area contributed by atoms with Gasteiger partial charge in [-0.25, -0.2) is 0 Å². The van der Waals surface area contributed by atoms with Crippen molar-refractivity contribution in [1.82, 2.24) is 0 Å². The van der Waals surface area contributed by atoms with Gasteiger partial charge in [0.25, 0.3) is 0 Å². The molecule has 0 rings (SSSR count). The van der Waals surface area contributed by atoms with Crippen molar-refractivity contribution in [2.24, 2.45) is 5.73 Å². The maximum absolute atomic E-state index is 11.2. The van der Waals surface area contributed by atoms with E-state index in [0.29, 0.717) is 11.0 Å².